The van der Waals surface area contributed by atoms with Crippen LogP contribution in [-0.4, -0.2) is 53.5 Å². The summed E-state index contributed by atoms with van der Waals surface area (Å²) < 4.78 is 0. The van der Waals surface area contributed by atoms with Gasteiger partial charge in [0.05, 0.1) is 6.04 Å². The number of likely N-dealkylation sites (tertiary alicyclic amines) is 2. The third-order valence-corrected chi connectivity index (χ3v) is 4.99. The van der Waals surface area contributed by atoms with Crippen molar-refractivity contribution in [2.75, 3.05) is 19.6 Å². The first-order valence-corrected chi connectivity index (χ1v) is 8.41. The lowest BCUT2D eigenvalue weighted by molar-refractivity contribution is -0.140. The Hall–Kier alpha value is -0.0300. The Morgan fingerprint density at radius 2 is 1.50 bits per heavy atom. The Morgan fingerprint density at radius 3 is 2.05 bits per heavy atom. The van der Waals surface area contributed by atoms with E-state index in [4.69, 9.17) is 5.73 Å². The number of carbonyl (C=O) groups is 1. The van der Waals surface area contributed by atoms with E-state index < -0.39 is 0 Å². The van der Waals surface area contributed by atoms with Gasteiger partial charge in [0.2, 0.25) is 5.91 Å². The van der Waals surface area contributed by atoms with Gasteiger partial charge in [-0.1, -0.05) is 12.8 Å². The lowest BCUT2D eigenvalue weighted by atomic mass is 9.96. The van der Waals surface area contributed by atoms with Crippen molar-refractivity contribution in [1.29, 1.82) is 0 Å². The third-order valence-electron chi connectivity index (χ3n) is 4.99. The monoisotopic (exact) mass is 353 g/mol. The predicted molar refractivity (Wildman–Crippen MR) is 97.0 cm³/mol. The minimum atomic E-state index is 0. The standard InChI is InChI=1S/C16H31N3O.2ClH/c1-13(17)15-9-5-8-12-19(15)16(20)14(2)18-10-6-3-4-7-11-18;;/h13-15H,3-12,17H2,1-2H3;2*1H. The first-order chi connectivity index (χ1) is 9.61. The van der Waals surface area contributed by atoms with Crippen molar-refractivity contribution in [3.8, 4) is 0 Å². The van der Waals surface area contributed by atoms with Crippen LogP contribution in [0.2, 0.25) is 0 Å². The molecule has 0 aliphatic carbocycles. The SMILES string of the molecule is CC(N)C1CCCCN1C(=O)C(C)N1CCCCCC1.Cl.Cl. The lowest BCUT2D eigenvalue weighted by Crippen LogP contribution is -2.56. The van der Waals surface area contributed by atoms with Crippen LogP contribution in [0.4, 0.5) is 0 Å². The second-order valence-electron chi connectivity index (χ2n) is 6.58. The molecule has 0 spiro atoms. The second kappa shape index (κ2) is 10.7. The van der Waals surface area contributed by atoms with Gasteiger partial charge in [0.1, 0.15) is 0 Å². The van der Waals surface area contributed by atoms with Crippen LogP contribution in [0, 0.1) is 0 Å². The largest absolute Gasteiger partial charge is 0.337 e. The predicted octanol–water partition coefficient (Wildman–Crippen LogP) is 2.82. The van der Waals surface area contributed by atoms with Gasteiger partial charge in [0.15, 0.2) is 0 Å². The molecule has 1 amide bonds. The Balaban J connectivity index is 0.00000220. The summed E-state index contributed by atoms with van der Waals surface area (Å²) in [4.78, 5) is 17.3. The summed E-state index contributed by atoms with van der Waals surface area (Å²) in [5.41, 5.74) is 6.09. The maximum atomic E-state index is 12.9. The summed E-state index contributed by atoms with van der Waals surface area (Å²) in [6, 6.07) is 0.341. The Morgan fingerprint density at radius 1 is 0.955 bits per heavy atom. The number of hydrogen-bond acceptors (Lipinski definition) is 3. The van der Waals surface area contributed by atoms with E-state index in [0.29, 0.717) is 5.91 Å². The fraction of sp³-hybridized carbons (Fsp3) is 0.938. The van der Waals surface area contributed by atoms with Crippen LogP contribution in [0.15, 0.2) is 0 Å². The zero-order valence-corrected chi connectivity index (χ0v) is 15.6. The van der Waals surface area contributed by atoms with Crippen molar-refractivity contribution in [3.63, 3.8) is 0 Å². The summed E-state index contributed by atoms with van der Waals surface area (Å²) in [5.74, 6) is 0.300. The van der Waals surface area contributed by atoms with Gasteiger partial charge in [-0.3, -0.25) is 9.69 Å². The average Bonchev–Trinajstić information content (AvgIpc) is 2.74. The highest BCUT2D eigenvalue weighted by molar-refractivity contribution is 5.85. The van der Waals surface area contributed by atoms with E-state index in [1.807, 2.05) is 6.92 Å². The normalized spacial score (nSPS) is 26.1. The van der Waals surface area contributed by atoms with Gasteiger partial charge in [-0.2, -0.15) is 0 Å². The van der Waals surface area contributed by atoms with E-state index in [2.05, 4.69) is 16.7 Å². The summed E-state index contributed by atoms with van der Waals surface area (Å²) in [5, 5.41) is 0. The fourth-order valence-corrected chi connectivity index (χ4v) is 3.66. The summed E-state index contributed by atoms with van der Waals surface area (Å²) in [6.45, 7) is 7.16. The van der Waals surface area contributed by atoms with Gasteiger partial charge in [0, 0.05) is 18.6 Å². The van der Waals surface area contributed by atoms with Crippen LogP contribution in [0.1, 0.15) is 58.8 Å². The number of piperidine rings is 1. The highest BCUT2D eigenvalue weighted by Gasteiger charge is 2.33. The van der Waals surface area contributed by atoms with Crippen LogP contribution in [0.25, 0.3) is 0 Å². The molecule has 132 valence electrons. The average molecular weight is 354 g/mol. The van der Waals surface area contributed by atoms with Crippen LogP contribution in [0.3, 0.4) is 0 Å². The molecule has 3 atom stereocenters. The maximum Gasteiger partial charge on any atom is 0.239 e. The van der Waals surface area contributed by atoms with E-state index >= 15 is 0 Å². The highest BCUT2D eigenvalue weighted by Crippen LogP contribution is 2.22. The summed E-state index contributed by atoms with van der Waals surface area (Å²) in [7, 11) is 0. The number of nitrogens with two attached hydrogens (primary N) is 1. The van der Waals surface area contributed by atoms with E-state index in [-0.39, 0.29) is 42.9 Å². The molecule has 4 nitrogen and oxygen atoms in total. The molecule has 22 heavy (non-hydrogen) atoms. The molecule has 2 fully saturated rings. The second-order valence-corrected chi connectivity index (χ2v) is 6.58. The molecule has 2 N–H and O–H groups in total. The molecule has 6 heteroatoms. The Kier molecular flexibility index (Phi) is 10.7. The van der Waals surface area contributed by atoms with Gasteiger partial charge in [-0.05, 0) is 59.0 Å². The van der Waals surface area contributed by atoms with E-state index in [1.54, 1.807) is 0 Å². The minimum Gasteiger partial charge on any atom is -0.337 e. The van der Waals surface area contributed by atoms with Crippen LogP contribution in [0.5, 0.6) is 0 Å². The van der Waals surface area contributed by atoms with E-state index in [1.165, 1.54) is 32.1 Å². The third kappa shape index (κ3) is 5.55. The molecule has 0 aromatic rings. The van der Waals surface area contributed by atoms with Gasteiger partial charge >= 0.3 is 0 Å². The fourth-order valence-electron chi connectivity index (χ4n) is 3.66. The highest BCUT2D eigenvalue weighted by atomic mass is 35.5. The number of nitrogens with zero attached hydrogens (tertiary/aromatic N) is 2. The maximum absolute atomic E-state index is 12.9. The van der Waals surface area contributed by atoms with Crippen molar-refractivity contribution in [1.82, 2.24) is 9.80 Å². The summed E-state index contributed by atoms with van der Waals surface area (Å²) >= 11 is 0. The van der Waals surface area contributed by atoms with E-state index in [0.717, 1.165) is 32.5 Å². The lowest BCUT2D eigenvalue weighted by Gasteiger charge is -2.41. The van der Waals surface area contributed by atoms with Gasteiger partial charge in [-0.15, -0.1) is 24.8 Å². The van der Waals surface area contributed by atoms with Crippen LogP contribution < -0.4 is 5.73 Å². The summed E-state index contributed by atoms with van der Waals surface area (Å²) in [6.07, 6.45) is 8.47. The first-order valence-electron chi connectivity index (χ1n) is 8.41. The van der Waals surface area contributed by atoms with Gasteiger partial charge in [-0.25, -0.2) is 0 Å². The molecule has 2 saturated heterocycles. The molecule has 2 rings (SSSR count). The molecule has 0 saturated carbocycles. The van der Waals surface area contributed by atoms with Gasteiger partial charge in [0.25, 0.3) is 0 Å². The zero-order chi connectivity index (χ0) is 14.5. The Labute approximate surface area is 148 Å². The van der Waals surface area contributed by atoms with Crippen molar-refractivity contribution >= 4 is 30.7 Å². The van der Waals surface area contributed by atoms with Crippen molar-refractivity contribution < 1.29 is 4.79 Å². The number of carbonyl (C=O) groups excluding carboxylic acids is 1. The molecule has 2 aliphatic heterocycles. The molecule has 0 aromatic carbocycles. The smallest absolute Gasteiger partial charge is 0.239 e. The van der Waals surface area contributed by atoms with Crippen molar-refractivity contribution in [3.05, 3.63) is 0 Å². The Bertz CT molecular complexity index is 321. The molecule has 0 aromatic heterocycles. The van der Waals surface area contributed by atoms with Crippen LogP contribution >= 0.6 is 24.8 Å². The van der Waals surface area contributed by atoms with E-state index in [9.17, 15) is 4.79 Å². The minimum absolute atomic E-state index is 0. The van der Waals surface area contributed by atoms with Crippen LogP contribution in [-0.2, 0) is 4.79 Å². The molecular formula is C16H33Cl2N3O. The molecule has 2 heterocycles. The molecule has 2 aliphatic rings. The quantitative estimate of drug-likeness (QED) is 0.848. The van der Waals surface area contributed by atoms with Crippen molar-refractivity contribution in [2.24, 2.45) is 5.73 Å². The molecule has 3 unspecified atom stereocenters. The molecular weight excluding hydrogens is 321 g/mol. The topological polar surface area (TPSA) is 49.6 Å². The van der Waals surface area contributed by atoms with Crippen molar-refractivity contribution in [2.45, 2.75) is 76.9 Å². The number of hydrogen-bond donors (Lipinski definition) is 1. The van der Waals surface area contributed by atoms with Gasteiger partial charge < -0.3 is 10.6 Å². The zero-order valence-electron chi connectivity index (χ0n) is 14.0. The number of halogens is 2. The molecule has 0 bridgehead atoms. The number of rotatable bonds is 3. The molecule has 0 radical (unpaired) electrons. The first kappa shape index (κ1) is 22.0. The number of amides is 1.